The van der Waals surface area contributed by atoms with Crippen LogP contribution in [0.25, 0.3) is 0 Å². The number of anilines is 1. The molecule has 0 saturated carbocycles. The fraction of sp³-hybridized carbons (Fsp3) is 0.357. The second kappa shape index (κ2) is 5.31. The Balaban J connectivity index is 2.38. The maximum absolute atomic E-state index is 14.1. The number of aliphatic imine (C=N–C) groups is 1. The summed E-state index contributed by atoms with van der Waals surface area (Å²) < 4.78 is 19.4. The molecule has 2 rings (SSSR count). The molecule has 0 amide bonds. The van der Waals surface area contributed by atoms with Crippen LogP contribution in [0.15, 0.2) is 17.1 Å². The first-order chi connectivity index (χ1) is 9.34. The number of nitrogens with zero attached hydrogens (tertiary/aromatic N) is 2. The van der Waals surface area contributed by atoms with E-state index in [1.54, 1.807) is 11.9 Å². The predicted molar refractivity (Wildman–Crippen MR) is 78.5 cm³/mol. The monoisotopic (exact) mass is 295 g/mol. The molecule has 1 N–H and O–H groups in total. The summed E-state index contributed by atoms with van der Waals surface area (Å²) in [6.45, 7) is 5.63. The molecule has 0 atom stereocenters. The number of terminal acetylenes is 1. The molecule has 0 aromatic heterocycles. The number of halogens is 2. The Labute approximate surface area is 122 Å². The van der Waals surface area contributed by atoms with Gasteiger partial charge in [0.05, 0.1) is 10.7 Å². The third kappa shape index (κ3) is 2.87. The quantitative estimate of drug-likeness (QED) is 0.871. The lowest BCUT2D eigenvalue weighted by Gasteiger charge is -2.24. The maximum Gasteiger partial charge on any atom is 0.150 e. The van der Waals surface area contributed by atoms with Crippen LogP contribution in [0, 0.1) is 18.2 Å². The second-order valence-corrected chi connectivity index (χ2v) is 5.30. The summed E-state index contributed by atoms with van der Waals surface area (Å²) in [5.74, 6) is 2.86. The molecule has 1 heterocycles. The highest BCUT2D eigenvalue weighted by Crippen LogP contribution is 2.33. The minimum absolute atomic E-state index is 0.0663. The van der Waals surface area contributed by atoms with Gasteiger partial charge in [-0.2, -0.15) is 0 Å². The molecule has 4 nitrogen and oxygen atoms in total. The molecule has 1 aliphatic rings. The number of hydrogen-bond acceptors (Lipinski definition) is 4. The molecule has 20 heavy (non-hydrogen) atoms. The summed E-state index contributed by atoms with van der Waals surface area (Å²) in [5.41, 5.74) is 2.89. The normalized spacial score (nSPS) is 16.8. The molecule has 106 valence electrons. The highest BCUT2D eigenvalue weighted by molar-refractivity contribution is 6.32. The molecule has 0 aliphatic carbocycles. The first-order valence-electron chi connectivity index (χ1n) is 6.04. The van der Waals surface area contributed by atoms with Crippen molar-refractivity contribution in [3.63, 3.8) is 0 Å². The number of ether oxygens (including phenoxy) is 1. The highest BCUT2D eigenvalue weighted by Gasteiger charge is 2.31. The van der Waals surface area contributed by atoms with Gasteiger partial charge < -0.3 is 4.74 Å². The van der Waals surface area contributed by atoms with Crippen molar-refractivity contribution in [3.05, 3.63) is 23.0 Å². The van der Waals surface area contributed by atoms with Gasteiger partial charge in [-0.1, -0.05) is 17.5 Å². The number of benzene rings is 1. The smallest absolute Gasteiger partial charge is 0.150 e. The van der Waals surface area contributed by atoms with Gasteiger partial charge in [0.2, 0.25) is 0 Å². The summed E-state index contributed by atoms with van der Waals surface area (Å²) in [4.78, 5) is 4.39. The van der Waals surface area contributed by atoms with Crippen LogP contribution in [0.5, 0.6) is 5.75 Å². The third-order valence-corrected chi connectivity index (χ3v) is 3.00. The molecule has 0 saturated heterocycles. The predicted octanol–water partition coefficient (Wildman–Crippen LogP) is 2.97. The van der Waals surface area contributed by atoms with E-state index in [0.717, 1.165) is 0 Å². The SMILES string of the molecule is C#CCOc1cc(N2NC(C)(C)N=C2C)c(F)cc1Cl. The van der Waals surface area contributed by atoms with Crippen molar-refractivity contribution >= 4 is 23.1 Å². The maximum atomic E-state index is 14.1. The number of rotatable bonds is 3. The van der Waals surface area contributed by atoms with Crippen LogP contribution in [0.2, 0.25) is 5.02 Å². The molecular formula is C14H15ClFN3O. The topological polar surface area (TPSA) is 36.9 Å². The van der Waals surface area contributed by atoms with Crippen molar-refractivity contribution < 1.29 is 9.13 Å². The average Bonchev–Trinajstić information content (AvgIpc) is 2.62. The van der Waals surface area contributed by atoms with Gasteiger partial charge in [0.15, 0.2) is 0 Å². The van der Waals surface area contributed by atoms with Crippen LogP contribution in [0.3, 0.4) is 0 Å². The lowest BCUT2D eigenvalue weighted by molar-refractivity contribution is 0.369. The highest BCUT2D eigenvalue weighted by atomic mass is 35.5. The van der Waals surface area contributed by atoms with Crippen molar-refractivity contribution in [2.45, 2.75) is 26.4 Å². The summed E-state index contributed by atoms with van der Waals surface area (Å²) in [5, 5.41) is 1.74. The van der Waals surface area contributed by atoms with Gasteiger partial charge in [-0.25, -0.2) is 14.8 Å². The van der Waals surface area contributed by atoms with E-state index in [9.17, 15) is 4.39 Å². The zero-order chi connectivity index (χ0) is 14.9. The minimum atomic E-state index is -0.490. The van der Waals surface area contributed by atoms with E-state index < -0.39 is 11.5 Å². The summed E-state index contributed by atoms with van der Waals surface area (Å²) in [7, 11) is 0. The van der Waals surface area contributed by atoms with Crippen molar-refractivity contribution in [3.8, 4) is 18.1 Å². The lowest BCUT2D eigenvalue weighted by atomic mass is 10.2. The van der Waals surface area contributed by atoms with Crippen LogP contribution < -0.4 is 15.2 Å². The average molecular weight is 296 g/mol. The molecule has 0 bridgehead atoms. The first kappa shape index (κ1) is 14.6. The Kier molecular flexibility index (Phi) is 3.89. The van der Waals surface area contributed by atoms with E-state index in [0.29, 0.717) is 11.6 Å². The van der Waals surface area contributed by atoms with Crippen LogP contribution >= 0.6 is 11.6 Å². The van der Waals surface area contributed by atoms with E-state index in [2.05, 4.69) is 16.3 Å². The van der Waals surface area contributed by atoms with E-state index in [-0.39, 0.29) is 17.3 Å². The molecule has 1 aromatic carbocycles. The molecular weight excluding hydrogens is 281 g/mol. The van der Waals surface area contributed by atoms with Crippen LogP contribution in [-0.4, -0.2) is 18.1 Å². The van der Waals surface area contributed by atoms with Crippen molar-refractivity contribution in [1.82, 2.24) is 5.43 Å². The molecule has 1 aliphatic heterocycles. The van der Waals surface area contributed by atoms with Gasteiger partial charge in [0.1, 0.15) is 29.7 Å². The summed E-state index contributed by atoms with van der Waals surface area (Å²) in [6.07, 6.45) is 5.14. The fourth-order valence-electron chi connectivity index (χ4n) is 1.99. The summed E-state index contributed by atoms with van der Waals surface area (Å²) >= 11 is 5.93. The first-order valence-corrected chi connectivity index (χ1v) is 6.41. The minimum Gasteiger partial charge on any atom is -0.479 e. The molecule has 0 fully saturated rings. The van der Waals surface area contributed by atoms with Gasteiger partial charge in [0, 0.05) is 6.07 Å². The second-order valence-electron chi connectivity index (χ2n) is 4.89. The number of hydrazine groups is 1. The van der Waals surface area contributed by atoms with E-state index in [1.807, 2.05) is 13.8 Å². The van der Waals surface area contributed by atoms with Crippen LogP contribution in [-0.2, 0) is 0 Å². The van der Waals surface area contributed by atoms with E-state index >= 15 is 0 Å². The molecule has 1 aromatic rings. The third-order valence-electron chi connectivity index (χ3n) is 2.70. The van der Waals surface area contributed by atoms with Crippen LogP contribution in [0.4, 0.5) is 10.1 Å². The molecule has 0 unspecified atom stereocenters. The van der Waals surface area contributed by atoms with Gasteiger partial charge >= 0.3 is 0 Å². The van der Waals surface area contributed by atoms with E-state index in [4.69, 9.17) is 22.8 Å². The number of nitrogens with one attached hydrogen (secondary N) is 1. The Bertz CT molecular complexity index is 607. The zero-order valence-electron chi connectivity index (χ0n) is 11.5. The molecule has 0 radical (unpaired) electrons. The molecule has 0 spiro atoms. The Morgan fingerprint density at radius 3 is 2.80 bits per heavy atom. The van der Waals surface area contributed by atoms with Gasteiger partial charge in [-0.15, -0.1) is 6.42 Å². The van der Waals surface area contributed by atoms with Crippen molar-refractivity contribution in [2.75, 3.05) is 11.6 Å². The largest absolute Gasteiger partial charge is 0.479 e. The van der Waals surface area contributed by atoms with Crippen molar-refractivity contribution in [1.29, 1.82) is 0 Å². The van der Waals surface area contributed by atoms with E-state index in [1.165, 1.54) is 12.1 Å². The Morgan fingerprint density at radius 2 is 2.25 bits per heavy atom. The standard InChI is InChI=1S/C14H15ClFN3O/c1-5-6-20-13-8-12(11(16)7-10(13)15)19-9(2)17-14(3,4)18-19/h1,7-8,18H,6H2,2-4H3. The molecule has 6 heteroatoms. The van der Waals surface area contributed by atoms with Gasteiger partial charge in [-0.3, -0.25) is 5.01 Å². The van der Waals surface area contributed by atoms with Gasteiger partial charge in [0.25, 0.3) is 0 Å². The number of amidine groups is 1. The number of hydrogen-bond donors (Lipinski definition) is 1. The zero-order valence-corrected chi connectivity index (χ0v) is 12.3. The Hall–Kier alpha value is -1.77. The van der Waals surface area contributed by atoms with Gasteiger partial charge in [-0.05, 0) is 26.8 Å². The fourth-order valence-corrected chi connectivity index (χ4v) is 2.19. The summed E-state index contributed by atoms with van der Waals surface area (Å²) in [6, 6.07) is 2.70. The lowest BCUT2D eigenvalue weighted by Crippen LogP contribution is -2.45. The van der Waals surface area contributed by atoms with Crippen LogP contribution in [0.1, 0.15) is 20.8 Å². The Morgan fingerprint density at radius 1 is 1.55 bits per heavy atom. The van der Waals surface area contributed by atoms with Crippen molar-refractivity contribution in [2.24, 2.45) is 4.99 Å².